The molecule has 0 unspecified atom stereocenters. The molecule has 1 atom stereocenters. The molecular weight excluding hydrogens is 303 g/mol. The number of aliphatic hydroxyl groups is 1. The van der Waals surface area contributed by atoms with Crippen LogP contribution in [0.15, 0.2) is 23.1 Å². The van der Waals surface area contributed by atoms with Crippen molar-refractivity contribution in [1.82, 2.24) is 0 Å². The summed E-state index contributed by atoms with van der Waals surface area (Å²) in [5.41, 5.74) is -3.47. The average Bonchev–Trinajstić information content (AvgIpc) is 2.30. The molecule has 1 rings (SSSR count). The topological polar surface area (TPSA) is 49.3 Å². The molecular formula is C11H11ClF3NO2S. The standard InChI is InChI=1S/C11H11ClF3NO2S/c1-10(18,11(13,14)15)9(17)16-8-4-3-6(19-2)5-7(8)12/h3-5,18H,1-2H3,(H,16,17)/t10-/m1/s1. The molecule has 0 aromatic heterocycles. The summed E-state index contributed by atoms with van der Waals surface area (Å²) in [6, 6.07) is 4.47. The van der Waals surface area contributed by atoms with E-state index in [1.807, 2.05) is 5.32 Å². The van der Waals surface area contributed by atoms with Gasteiger partial charge >= 0.3 is 6.18 Å². The Balaban J connectivity index is 2.95. The van der Waals surface area contributed by atoms with Crippen molar-refractivity contribution in [1.29, 1.82) is 0 Å². The molecule has 0 aliphatic heterocycles. The van der Waals surface area contributed by atoms with E-state index < -0.39 is 17.7 Å². The van der Waals surface area contributed by atoms with Gasteiger partial charge in [-0.15, -0.1) is 11.8 Å². The molecule has 1 aromatic carbocycles. The van der Waals surface area contributed by atoms with Gasteiger partial charge in [0.15, 0.2) is 0 Å². The maximum Gasteiger partial charge on any atom is 0.426 e. The number of anilines is 1. The average molecular weight is 314 g/mol. The minimum atomic E-state index is -5.07. The SMILES string of the molecule is CSc1ccc(NC(=O)[C@@](C)(O)C(F)(F)F)c(Cl)c1. The van der Waals surface area contributed by atoms with Crippen LogP contribution in [0.4, 0.5) is 18.9 Å². The fourth-order valence-corrected chi connectivity index (χ4v) is 1.83. The fourth-order valence-electron chi connectivity index (χ4n) is 1.10. The van der Waals surface area contributed by atoms with Gasteiger partial charge in [-0.3, -0.25) is 4.79 Å². The lowest BCUT2D eigenvalue weighted by atomic mass is 10.1. The summed E-state index contributed by atoms with van der Waals surface area (Å²) >= 11 is 7.22. The van der Waals surface area contributed by atoms with E-state index in [-0.39, 0.29) is 10.7 Å². The number of thioether (sulfide) groups is 1. The zero-order valence-corrected chi connectivity index (χ0v) is 11.6. The van der Waals surface area contributed by atoms with Gasteiger partial charge in [-0.05, 0) is 31.4 Å². The van der Waals surface area contributed by atoms with E-state index in [1.54, 1.807) is 12.3 Å². The zero-order valence-electron chi connectivity index (χ0n) is 10.0. The van der Waals surface area contributed by atoms with E-state index >= 15 is 0 Å². The van der Waals surface area contributed by atoms with E-state index in [4.69, 9.17) is 11.6 Å². The molecule has 0 fully saturated rings. The maximum atomic E-state index is 12.5. The number of benzene rings is 1. The van der Waals surface area contributed by atoms with Crippen LogP contribution in [0.3, 0.4) is 0 Å². The second kappa shape index (κ2) is 5.60. The highest BCUT2D eigenvalue weighted by Gasteiger charge is 2.55. The molecule has 8 heteroatoms. The second-order valence-electron chi connectivity index (χ2n) is 3.87. The van der Waals surface area contributed by atoms with Gasteiger partial charge in [0.25, 0.3) is 5.91 Å². The number of carbonyl (C=O) groups is 1. The van der Waals surface area contributed by atoms with Crippen LogP contribution < -0.4 is 5.32 Å². The highest BCUT2D eigenvalue weighted by Crippen LogP contribution is 2.33. The van der Waals surface area contributed by atoms with Gasteiger partial charge in [0.2, 0.25) is 5.60 Å². The first-order valence-corrected chi connectivity index (χ1v) is 6.64. The Morgan fingerprint density at radius 3 is 2.42 bits per heavy atom. The van der Waals surface area contributed by atoms with Crippen molar-refractivity contribution in [3.63, 3.8) is 0 Å². The lowest BCUT2D eigenvalue weighted by Gasteiger charge is -2.25. The molecule has 106 valence electrons. The minimum Gasteiger partial charge on any atom is -0.373 e. The molecule has 0 bridgehead atoms. The third-order valence-corrected chi connectivity index (χ3v) is 3.46. The number of halogens is 4. The largest absolute Gasteiger partial charge is 0.426 e. The van der Waals surface area contributed by atoms with Crippen molar-refractivity contribution in [2.75, 3.05) is 11.6 Å². The quantitative estimate of drug-likeness (QED) is 0.842. The van der Waals surface area contributed by atoms with Crippen LogP contribution in [0.5, 0.6) is 0 Å². The van der Waals surface area contributed by atoms with E-state index in [9.17, 15) is 23.1 Å². The van der Waals surface area contributed by atoms with Gasteiger partial charge in [0.1, 0.15) is 0 Å². The van der Waals surface area contributed by atoms with Crippen molar-refractivity contribution < 1.29 is 23.1 Å². The Bertz CT molecular complexity index is 491. The van der Waals surface area contributed by atoms with Crippen LogP contribution in [0.25, 0.3) is 0 Å². The molecule has 19 heavy (non-hydrogen) atoms. The first-order valence-electron chi connectivity index (χ1n) is 5.03. The van der Waals surface area contributed by atoms with E-state index in [0.717, 1.165) is 4.90 Å². The Hall–Kier alpha value is -0.920. The highest BCUT2D eigenvalue weighted by molar-refractivity contribution is 7.98. The summed E-state index contributed by atoms with van der Waals surface area (Å²) in [5.74, 6) is -1.58. The summed E-state index contributed by atoms with van der Waals surface area (Å²) < 4.78 is 37.4. The van der Waals surface area contributed by atoms with Gasteiger partial charge in [0, 0.05) is 4.90 Å². The molecule has 1 aromatic rings. The molecule has 3 nitrogen and oxygen atoms in total. The molecule has 0 aliphatic carbocycles. The van der Waals surface area contributed by atoms with Crippen LogP contribution in [-0.2, 0) is 4.79 Å². The first-order chi connectivity index (χ1) is 8.59. The molecule has 0 saturated carbocycles. The normalized spacial score (nSPS) is 14.9. The predicted octanol–water partition coefficient (Wildman–Crippen LogP) is 3.31. The fraction of sp³-hybridized carbons (Fsp3) is 0.364. The van der Waals surface area contributed by atoms with E-state index in [1.165, 1.54) is 23.9 Å². The molecule has 0 radical (unpaired) electrons. The zero-order chi connectivity index (χ0) is 14.8. The summed E-state index contributed by atoms with van der Waals surface area (Å²) in [6.07, 6.45) is -3.26. The number of nitrogens with one attached hydrogen (secondary N) is 1. The van der Waals surface area contributed by atoms with Crippen molar-refractivity contribution in [3.8, 4) is 0 Å². The number of hydrogen-bond acceptors (Lipinski definition) is 3. The van der Waals surface area contributed by atoms with E-state index in [2.05, 4.69) is 0 Å². The Kier molecular flexibility index (Phi) is 4.76. The first kappa shape index (κ1) is 16.1. The van der Waals surface area contributed by atoms with Crippen molar-refractivity contribution in [2.45, 2.75) is 23.6 Å². The van der Waals surface area contributed by atoms with Gasteiger partial charge in [-0.1, -0.05) is 11.6 Å². The smallest absolute Gasteiger partial charge is 0.373 e. The number of amides is 1. The molecule has 0 saturated heterocycles. The van der Waals surface area contributed by atoms with E-state index in [0.29, 0.717) is 6.92 Å². The van der Waals surface area contributed by atoms with Crippen LogP contribution >= 0.6 is 23.4 Å². The molecule has 0 heterocycles. The Morgan fingerprint density at radius 1 is 1.42 bits per heavy atom. The molecule has 0 aliphatic rings. The lowest BCUT2D eigenvalue weighted by Crippen LogP contribution is -2.52. The summed E-state index contributed by atoms with van der Waals surface area (Å²) in [6.45, 7) is 0.381. The molecule has 0 spiro atoms. The highest BCUT2D eigenvalue weighted by atomic mass is 35.5. The summed E-state index contributed by atoms with van der Waals surface area (Å²) in [4.78, 5) is 12.2. The number of carbonyl (C=O) groups excluding carboxylic acids is 1. The number of rotatable bonds is 3. The third-order valence-electron chi connectivity index (χ3n) is 2.42. The number of alkyl halides is 3. The summed E-state index contributed by atoms with van der Waals surface area (Å²) in [5, 5.41) is 11.2. The monoisotopic (exact) mass is 313 g/mol. The van der Waals surface area contributed by atoms with Gasteiger partial charge in [0.05, 0.1) is 10.7 Å². The van der Waals surface area contributed by atoms with Gasteiger partial charge in [-0.2, -0.15) is 13.2 Å². The van der Waals surface area contributed by atoms with Crippen molar-refractivity contribution in [2.24, 2.45) is 0 Å². The third kappa shape index (κ3) is 3.55. The molecule has 2 N–H and O–H groups in total. The van der Waals surface area contributed by atoms with Gasteiger partial charge < -0.3 is 10.4 Å². The lowest BCUT2D eigenvalue weighted by molar-refractivity contribution is -0.242. The maximum absolute atomic E-state index is 12.5. The van der Waals surface area contributed by atoms with Gasteiger partial charge in [-0.25, -0.2) is 0 Å². The molecule has 1 amide bonds. The summed E-state index contributed by atoms with van der Waals surface area (Å²) in [7, 11) is 0. The van der Waals surface area contributed by atoms with Crippen LogP contribution in [0.1, 0.15) is 6.92 Å². The van der Waals surface area contributed by atoms with Crippen LogP contribution in [-0.4, -0.2) is 29.0 Å². The van der Waals surface area contributed by atoms with Crippen LogP contribution in [0.2, 0.25) is 5.02 Å². The minimum absolute atomic E-state index is 0.00833. The number of hydrogen-bond donors (Lipinski definition) is 2. The van der Waals surface area contributed by atoms with Crippen molar-refractivity contribution in [3.05, 3.63) is 23.2 Å². The second-order valence-corrected chi connectivity index (χ2v) is 5.16. The predicted molar refractivity (Wildman–Crippen MR) is 68.5 cm³/mol. The Morgan fingerprint density at radius 2 is 2.00 bits per heavy atom. The van der Waals surface area contributed by atoms with Crippen molar-refractivity contribution >= 4 is 35.0 Å². The Labute approximate surface area is 117 Å². The van der Waals surface area contributed by atoms with Crippen LogP contribution in [0, 0.1) is 0 Å².